The lowest BCUT2D eigenvalue weighted by Gasteiger charge is -2.26. The number of carbonyl (C=O) groups excluding carboxylic acids is 8. The zero-order chi connectivity index (χ0) is 45.7. The molecule has 0 saturated heterocycles. The molecule has 0 saturated carbocycles. The predicted molar refractivity (Wildman–Crippen MR) is 210 cm³/mol. The van der Waals surface area contributed by atoms with Crippen LogP contribution in [0.4, 0.5) is 0 Å². The molecule has 8 atom stereocenters. The molecule has 0 spiro atoms. The number of carboxylic acid groups (broad SMARTS) is 1. The minimum absolute atomic E-state index is 0.0146. The van der Waals surface area contributed by atoms with Crippen LogP contribution < -0.4 is 60.2 Å². The van der Waals surface area contributed by atoms with Crippen LogP contribution in [0.3, 0.4) is 0 Å². The molecule has 1 heterocycles. The van der Waals surface area contributed by atoms with E-state index in [0.29, 0.717) is 5.69 Å². The lowest BCUT2D eigenvalue weighted by atomic mass is 10.0. The number of aromatic amines is 1. The molecule has 1 rings (SSSR count). The van der Waals surface area contributed by atoms with Crippen molar-refractivity contribution < 1.29 is 58.5 Å². The van der Waals surface area contributed by atoms with Gasteiger partial charge < -0.3 is 80.5 Å². The molecule has 60 heavy (non-hydrogen) atoms. The number of hydrogen-bond acceptors (Lipinski definition) is 14. The first-order valence-corrected chi connectivity index (χ1v) is 18.7. The van der Waals surface area contributed by atoms with Crippen LogP contribution in [0.15, 0.2) is 17.5 Å². The highest BCUT2D eigenvalue weighted by molar-refractivity contribution is 5.98. The number of aliphatic imine (C=N–C) groups is 1. The van der Waals surface area contributed by atoms with Crippen LogP contribution in [-0.4, -0.2) is 153 Å². The molecule has 19 N–H and O–H groups in total. The quantitative estimate of drug-likeness (QED) is 0.0222. The summed E-state index contributed by atoms with van der Waals surface area (Å²) in [4.78, 5) is 126. The second-order valence-corrected chi connectivity index (χ2v) is 14.1. The van der Waals surface area contributed by atoms with Gasteiger partial charge in [0, 0.05) is 24.9 Å². The number of primary amides is 1. The third-order valence-corrected chi connectivity index (χ3v) is 8.40. The van der Waals surface area contributed by atoms with E-state index in [9.17, 15) is 58.5 Å². The minimum atomic E-state index is -1.72. The molecule has 1 aromatic heterocycles. The number of aliphatic hydroxyl groups is 2. The summed E-state index contributed by atoms with van der Waals surface area (Å²) in [6.45, 7) is 4.44. The Kier molecular flexibility index (Phi) is 22.2. The summed E-state index contributed by atoms with van der Waals surface area (Å²) in [7, 11) is 0. The summed E-state index contributed by atoms with van der Waals surface area (Å²) in [5, 5.41) is 44.3. The van der Waals surface area contributed by atoms with Crippen LogP contribution in [0.25, 0.3) is 0 Å². The van der Waals surface area contributed by atoms with Gasteiger partial charge in [-0.3, -0.25) is 43.3 Å². The number of imidazole rings is 1. The number of rotatable bonds is 27. The number of carboxylic acids is 1. The average Bonchev–Trinajstić information content (AvgIpc) is 3.69. The molecule has 0 aromatic carbocycles. The SMILES string of the molecule is CC(C)C[C@H](NC(=O)[C@@H](N)CO)C(=O)N[C@@H](C)C(=O)N[C@@H](C)C(=O)N[C@@H](CC(N)=O)C(=O)N[C@@H](CCCN=C(N)N)C(=O)N[C@@H](Cc1cnc[nH]1)C(=O)N[C@@H](CO)C(=O)O. The number of aromatic nitrogens is 2. The molecule has 336 valence electrons. The molecule has 8 amide bonds. The number of hydrogen-bond donors (Lipinski definition) is 15. The van der Waals surface area contributed by atoms with Gasteiger partial charge in [0.05, 0.1) is 26.0 Å². The highest BCUT2D eigenvalue weighted by Gasteiger charge is 2.33. The number of aliphatic hydroxyl groups excluding tert-OH is 2. The normalized spacial score (nSPS) is 14.9. The molecule has 0 aliphatic heterocycles. The second-order valence-electron chi connectivity index (χ2n) is 14.1. The summed E-state index contributed by atoms with van der Waals surface area (Å²) in [5.74, 6) is -9.43. The molecule has 0 unspecified atom stereocenters. The van der Waals surface area contributed by atoms with E-state index in [4.69, 9.17) is 22.9 Å². The van der Waals surface area contributed by atoms with Crippen LogP contribution >= 0.6 is 0 Å². The predicted octanol–water partition coefficient (Wildman–Crippen LogP) is -7.24. The van der Waals surface area contributed by atoms with Gasteiger partial charge in [-0.2, -0.15) is 0 Å². The van der Waals surface area contributed by atoms with Gasteiger partial charge in [-0.05, 0) is 39.0 Å². The standard InChI is InChI=1S/C34H58N14O12/c1-15(2)8-21(46-28(54)19(35)12-49)30(56)43-16(3)26(52)42-17(4)27(53)45-23(10-25(36)51)32(58)44-20(6-5-7-40-34(37)38)29(55)47-22(9-18-11-39-14-41-18)31(57)48-24(13-50)33(59)60/h11,14-17,19-24,49-50H,5-10,12-13,35H2,1-4H3,(H2,36,51)(H,39,41)(H,42,52)(H,43,56)(H,44,58)(H,45,53)(H,46,54)(H,47,55)(H,48,57)(H,59,60)(H4,37,38,40)/t16-,17-,19-,20-,21-,22-,23-,24-/m0/s1. The number of aliphatic carboxylic acids is 1. The van der Waals surface area contributed by atoms with Gasteiger partial charge in [0.15, 0.2) is 5.96 Å². The smallest absolute Gasteiger partial charge is 0.328 e. The summed E-state index contributed by atoms with van der Waals surface area (Å²) >= 11 is 0. The number of guanidine groups is 1. The number of nitrogens with one attached hydrogen (secondary N) is 8. The third kappa shape index (κ3) is 18.9. The zero-order valence-corrected chi connectivity index (χ0v) is 33.7. The van der Waals surface area contributed by atoms with E-state index in [-0.39, 0.29) is 44.1 Å². The van der Waals surface area contributed by atoms with E-state index in [1.807, 2.05) is 0 Å². The Bertz CT molecular complexity index is 1670. The molecule has 0 radical (unpaired) electrons. The first-order valence-electron chi connectivity index (χ1n) is 18.7. The van der Waals surface area contributed by atoms with Gasteiger partial charge in [-0.1, -0.05) is 13.8 Å². The Morgan fingerprint density at radius 3 is 1.70 bits per heavy atom. The van der Waals surface area contributed by atoms with Crippen molar-refractivity contribution in [3.05, 3.63) is 18.2 Å². The van der Waals surface area contributed by atoms with Crippen molar-refractivity contribution >= 4 is 59.2 Å². The van der Waals surface area contributed by atoms with Gasteiger partial charge in [-0.25, -0.2) is 9.78 Å². The van der Waals surface area contributed by atoms with E-state index >= 15 is 0 Å². The number of nitrogens with two attached hydrogens (primary N) is 4. The first-order chi connectivity index (χ1) is 28.1. The largest absolute Gasteiger partial charge is 0.480 e. The third-order valence-electron chi connectivity index (χ3n) is 8.40. The first kappa shape index (κ1) is 51.6. The Hall–Kier alpha value is -6.41. The van der Waals surface area contributed by atoms with Gasteiger partial charge >= 0.3 is 5.97 Å². The molecule has 0 aliphatic rings. The molecular formula is C34H58N14O12. The summed E-state index contributed by atoms with van der Waals surface area (Å²) in [6, 6.07) is -11.5. The number of carbonyl (C=O) groups is 9. The lowest BCUT2D eigenvalue weighted by Crippen LogP contribution is -2.60. The van der Waals surface area contributed by atoms with E-state index in [1.54, 1.807) is 13.8 Å². The number of H-pyrrole nitrogens is 1. The minimum Gasteiger partial charge on any atom is -0.480 e. The highest BCUT2D eigenvalue weighted by atomic mass is 16.4. The van der Waals surface area contributed by atoms with Crippen molar-refractivity contribution in [1.82, 2.24) is 47.2 Å². The van der Waals surface area contributed by atoms with Gasteiger partial charge in [0.1, 0.15) is 48.3 Å². The van der Waals surface area contributed by atoms with Gasteiger partial charge in [0.25, 0.3) is 0 Å². The molecule has 26 heteroatoms. The maximum atomic E-state index is 13.7. The molecule has 1 aromatic rings. The highest BCUT2D eigenvalue weighted by Crippen LogP contribution is 2.08. The van der Waals surface area contributed by atoms with Crippen molar-refractivity contribution in [2.45, 2.75) is 108 Å². The van der Waals surface area contributed by atoms with Crippen LogP contribution in [0.1, 0.15) is 59.1 Å². The molecule has 0 bridgehead atoms. The van der Waals surface area contributed by atoms with Crippen LogP contribution in [0.5, 0.6) is 0 Å². The van der Waals surface area contributed by atoms with Gasteiger partial charge in [-0.15, -0.1) is 0 Å². The topological polar surface area (TPSA) is 444 Å². The van der Waals surface area contributed by atoms with Crippen molar-refractivity contribution in [2.24, 2.45) is 33.8 Å². The fourth-order valence-corrected chi connectivity index (χ4v) is 5.16. The fraction of sp³-hybridized carbons (Fsp3) is 0.618. The zero-order valence-electron chi connectivity index (χ0n) is 33.7. The number of nitrogens with zero attached hydrogens (tertiary/aromatic N) is 2. The van der Waals surface area contributed by atoms with Crippen molar-refractivity contribution in [2.75, 3.05) is 19.8 Å². The monoisotopic (exact) mass is 854 g/mol. The number of amides is 8. The van der Waals surface area contributed by atoms with E-state index in [2.05, 4.69) is 52.2 Å². The maximum absolute atomic E-state index is 13.7. The second kappa shape index (κ2) is 25.8. The summed E-state index contributed by atoms with van der Waals surface area (Å²) in [6.07, 6.45) is 1.65. The van der Waals surface area contributed by atoms with Crippen LogP contribution in [0.2, 0.25) is 0 Å². The summed E-state index contributed by atoms with van der Waals surface area (Å²) in [5.41, 5.74) is 22.0. The maximum Gasteiger partial charge on any atom is 0.328 e. The van der Waals surface area contributed by atoms with E-state index in [1.165, 1.54) is 26.4 Å². The van der Waals surface area contributed by atoms with Crippen molar-refractivity contribution in [3.63, 3.8) is 0 Å². The summed E-state index contributed by atoms with van der Waals surface area (Å²) < 4.78 is 0. The fourth-order valence-electron chi connectivity index (χ4n) is 5.16. The Labute approximate surface area is 344 Å². The molecule has 26 nitrogen and oxygen atoms in total. The Balaban J connectivity index is 3.20. The van der Waals surface area contributed by atoms with Crippen LogP contribution in [0, 0.1) is 5.92 Å². The Morgan fingerprint density at radius 1 is 0.683 bits per heavy atom. The van der Waals surface area contributed by atoms with Crippen LogP contribution in [-0.2, 0) is 49.6 Å². The molecular weight excluding hydrogens is 796 g/mol. The van der Waals surface area contributed by atoms with E-state index in [0.717, 1.165) is 0 Å². The average molecular weight is 855 g/mol. The lowest BCUT2D eigenvalue weighted by molar-refractivity contribution is -0.143. The molecule has 0 aliphatic carbocycles. The Morgan fingerprint density at radius 2 is 1.18 bits per heavy atom. The molecule has 0 fully saturated rings. The van der Waals surface area contributed by atoms with Gasteiger partial charge in [0.2, 0.25) is 47.3 Å². The van der Waals surface area contributed by atoms with E-state index < -0.39 is 121 Å². The van der Waals surface area contributed by atoms with Crippen molar-refractivity contribution in [1.29, 1.82) is 0 Å². The van der Waals surface area contributed by atoms with Crippen molar-refractivity contribution in [3.8, 4) is 0 Å².